The normalized spacial score (nSPS) is 24.0. The Labute approximate surface area is 124 Å². The molecule has 0 N–H and O–H groups in total. The Bertz CT molecular complexity index is 575. The SMILES string of the molecule is Cc1ncc2c(n1)COC21CN(C(=O)C2CCCCC2)C1. The third-order valence-corrected chi connectivity index (χ3v) is 5.12. The zero-order valence-corrected chi connectivity index (χ0v) is 12.5. The number of hydrogen-bond donors (Lipinski definition) is 0. The van der Waals surface area contributed by atoms with Crippen molar-refractivity contribution >= 4 is 5.91 Å². The molecule has 0 radical (unpaired) electrons. The number of hydrogen-bond acceptors (Lipinski definition) is 4. The highest BCUT2D eigenvalue weighted by atomic mass is 16.5. The van der Waals surface area contributed by atoms with E-state index in [9.17, 15) is 4.79 Å². The minimum absolute atomic E-state index is 0.242. The van der Waals surface area contributed by atoms with Gasteiger partial charge in [0.2, 0.25) is 5.91 Å². The van der Waals surface area contributed by atoms with E-state index in [1.165, 1.54) is 19.3 Å². The number of amides is 1. The number of ether oxygens (including phenoxy) is 1. The van der Waals surface area contributed by atoms with Gasteiger partial charge in [0.05, 0.1) is 25.4 Å². The molecule has 1 spiro atoms. The molecule has 4 rings (SSSR count). The first-order chi connectivity index (χ1) is 10.2. The maximum Gasteiger partial charge on any atom is 0.225 e. The van der Waals surface area contributed by atoms with Crippen LogP contribution in [0.1, 0.15) is 49.2 Å². The van der Waals surface area contributed by atoms with E-state index in [0.717, 1.165) is 29.9 Å². The number of fused-ring (bicyclic) bond motifs is 2. The Morgan fingerprint density at radius 1 is 1.33 bits per heavy atom. The maximum atomic E-state index is 12.5. The van der Waals surface area contributed by atoms with Gasteiger partial charge in [-0.2, -0.15) is 0 Å². The van der Waals surface area contributed by atoms with Crippen LogP contribution in [0.2, 0.25) is 0 Å². The van der Waals surface area contributed by atoms with Gasteiger partial charge in [0.25, 0.3) is 0 Å². The second-order valence-corrected chi connectivity index (χ2v) is 6.59. The van der Waals surface area contributed by atoms with Gasteiger partial charge in [0.1, 0.15) is 11.4 Å². The quantitative estimate of drug-likeness (QED) is 0.792. The predicted molar refractivity (Wildman–Crippen MR) is 76.4 cm³/mol. The van der Waals surface area contributed by atoms with Crippen LogP contribution in [-0.4, -0.2) is 33.9 Å². The monoisotopic (exact) mass is 287 g/mol. The highest BCUT2D eigenvalue weighted by Crippen LogP contribution is 2.43. The van der Waals surface area contributed by atoms with Gasteiger partial charge in [0.15, 0.2) is 0 Å². The molecule has 1 aliphatic carbocycles. The molecule has 21 heavy (non-hydrogen) atoms. The Morgan fingerprint density at radius 3 is 2.86 bits per heavy atom. The van der Waals surface area contributed by atoms with Crippen LogP contribution >= 0.6 is 0 Å². The third-order valence-electron chi connectivity index (χ3n) is 5.12. The van der Waals surface area contributed by atoms with Crippen LogP contribution in [0.5, 0.6) is 0 Å². The summed E-state index contributed by atoms with van der Waals surface area (Å²) in [5.74, 6) is 1.35. The highest BCUT2D eigenvalue weighted by Gasteiger charge is 2.53. The summed E-state index contributed by atoms with van der Waals surface area (Å²) < 4.78 is 5.97. The number of aromatic nitrogens is 2. The van der Waals surface area contributed by atoms with Gasteiger partial charge < -0.3 is 9.64 Å². The molecule has 1 aromatic heterocycles. The summed E-state index contributed by atoms with van der Waals surface area (Å²) in [6.45, 7) is 3.78. The molecule has 3 aliphatic rings. The van der Waals surface area contributed by atoms with E-state index in [0.29, 0.717) is 25.6 Å². The van der Waals surface area contributed by atoms with Crippen LogP contribution in [0.3, 0.4) is 0 Å². The number of likely N-dealkylation sites (tertiary alicyclic amines) is 1. The fraction of sp³-hybridized carbons (Fsp3) is 0.688. The summed E-state index contributed by atoms with van der Waals surface area (Å²) in [6.07, 6.45) is 7.67. The Balaban J connectivity index is 1.47. The topological polar surface area (TPSA) is 55.3 Å². The zero-order valence-electron chi connectivity index (χ0n) is 12.5. The van der Waals surface area contributed by atoms with Crippen molar-refractivity contribution in [2.24, 2.45) is 5.92 Å². The lowest BCUT2D eigenvalue weighted by Crippen LogP contribution is -2.62. The van der Waals surface area contributed by atoms with E-state index >= 15 is 0 Å². The van der Waals surface area contributed by atoms with E-state index in [1.807, 2.05) is 18.0 Å². The Morgan fingerprint density at radius 2 is 2.10 bits per heavy atom. The van der Waals surface area contributed by atoms with Gasteiger partial charge in [-0.3, -0.25) is 4.79 Å². The summed E-state index contributed by atoms with van der Waals surface area (Å²) in [6, 6.07) is 0. The number of aryl methyl sites for hydroxylation is 1. The Kier molecular flexibility index (Phi) is 2.99. The van der Waals surface area contributed by atoms with Crippen LogP contribution in [0.15, 0.2) is 6.20 Å². The van der Waals surface area contributed by atoms with Crippen LogP contribution in [0.4, 0.5) is 0 Å². The first-order valence-corrected chi connectivity index (χ1v) is 7.94. The summed E-state index contributed by atoms with van der Waals surface area (Å²) in [5, 5.41) is 0. The van der Waals surface area contributed by atoms with Crippen molar-refractivity contribution in [3.05, 3.63) is 23.3 Å². The van der Waals surface area contributed by atoms with Crippen LogP contribution in [0, 0.1) is 12.8 Å². The van der Waals surface area contributed by atoms with Crippen molar-refractivity contribution in [2.75, 3.05) is 13.1 Å². The van der Waals surface area contributed by atoms with Gasteiger partial charge >= 0.3 is 0 Å². The molecule has 5 heteroatoms. The standard InChI is InChI=1S/C16H21N3O2/c1-11-17-7-13-14(18-11)8-21-16(13)9-19(10-16)15(20)12-5-3-2-4-6-12/h7,12H,2-6,8-10H2,1H3. The van der Waals surface area contributed by atoms with Crippen LogP contribution in [0.25, 0.3) is 0 Å². The lowest BCUT2D eigenvalue weighted by Gasteiger charge is -2.48. The molecule has 3 heterocycles. The first-order valence-electron chi connectivity index (χ1n) is 7.94. The van der Waals surface area contributed by atoms with E-state index < -0.39 is 0 Å². The van der Waals surface area contributed by atoms with E-state index in [4.69, 9.17) is 4.74 Å². The third kappa shape index (κ3) is 2.06. The number of carbonyl (C=O) groups is 1. The molecule has 1 saturated heterocycles. The van der Waals surface area contributed by atoms with Crippen molar-refractivity contribution in [3.63, 3.8) is 0 Å². The number of nitrogens with zero attached hydrogens (tertiary/aromatic N) is 3. The van der Waals surface area contributed by atoms with Gasteiger partial charge in [0, 0.05) is 17.7 Å². The molecule has 5 nitrogen and oxygen atoms in total. The molecular weight excluding hydrogens is 266 g/mol. The smallest absolute Gasteiger partial charge is 0.225 e. The first kappa shape index (κ1) is 13.2. The maximum absolute atomic E-state index is 12.5. The fourth-order valence-electron chi connectivity index (χ4n) is 3.89. The minimum Gasteiger partial charge on any atom is -0.360 e. The zero-order chi connectivity index (χ0) is 14.4. The molecule has 0 aromatic carbocycles. The lowest BCUT2D eigenvalue weighted by atomic mass is 9.83. The summed E-state index contributed by atoms with van der Waals surface area (Å²) in [4.78, 5) is 23.2. The Hall–Kier alpha value is -1.49. The number of rotatable bonds is 1. The van der Waals surface area contributed by atoms with Gasteiger partial charge in [-0.25, -0.2) is 9.97 Å². The summed E-state index contributed by atoms with van der Waals surface area (Å²) >= 11 is 0. The van der Waals surface area contributed by atoms with E-state index in [1.54, 1.807) is 0 Å². The molecule has 2 fully saturated rings. The average molecular weight is 287 g/mol. The molecule has 0 atom stereocenters. The lowest BCUT2D eigenvalue weighted by molar-refractivity contribution is -0.173. The van der Waals surface area contributed by atoms with Crippen molar-refractivity contribution in [1.82, 2.24) is 14.9 Å². The molecule has 2 aliphatic heterocycles. The summed E-state index contributed by atoms with van der Waals surface area (Å²) in [7, 11) is 0. The van der Waals surface area contributed by atoms with Gasteiger partial charge in [-0.05, 0) is 19.8 Å². The van der Waals surface area contributed by atoms with Crippen molar-refractivity contribution in [1.29, 1.82) is 0 Å². The average Bonchev–Trinajstić information content (AvgIpc) is 2.84. The second kappa shape index (κ2) is 4.77. The van der Waals surface area contributed by atoms with Crippen molar-refractivity contribution in [2.45, 2.75) is 51.2 Å². The molecule has 112 valence electrons. The molecule has 1 aromatic rings. The molecule has 0 unspecified atom stereocenters. The van der Waals surface area contributed by atoms with Crippen molar-refractivity contribution < 1.29 is 9.53 Å². The van der Waals surface area contributed by atoms with Crippen LogP contribution in [-0.2, 0) is 21.7 Å². The summed E-state index contributed by atoms with van der Waals surface area (Å²) in [5.41, 5.74) is 1.75. The minimum atomic E-state index is -0.326. The highest BCUT2D eigenvalue weighted by molar-refractivity contribution is 5.80. The van der Waals surface area contributed by atoms with E-state index in [2.05, 4.69) is 9.97 Å². The van der Waals surface area contributed by atoms with E-state index in [-0.39, 0.29) is 11.5 Å². The molecule has 1 saturated carbocycles. The largest absolute Gasteiger partial charge is 0.360 e. The van der Waals surface area contributed by atoms with Gasteiger partial charge in [-0.1, -0.05) is 19.3 Å². The predicted octanol–water partition coefficient (Wildman–Crippen LogP) is 1.93. The molecule has 0 bridgehead atoms. The number of carbonyl (C=O) groups excluding carboxylic acids is 1. The van der Waals surface area contributed by atoms with Crippen LogP contribution < -0.4 is 0 Å². The second-order valence-electron chi connectivity index (χ2n) is 6.59. The molecular formula is C16H21N3O2. The fourth-order valence-corrected chi connectivity index (χ4v) is 3.89. The van der Waals surface area contributed by atoms with Gasteiger partial charge in [-0.15, -0.1) is 0 Å². The molecule has 1 amide bonds. The van der Waals surface area contributed by atoms with Crippen molar-refractivity contribution in [3.8, 4) is 0 Å².